The van der Waals surface area contributed by atoms with Gasteiger partial charge in [-0.3, -0.25) is 4.79 Å². The molecule has 2 bridgehead atoms. The highest BCUT2D eigenvalue weighted by Crippen LogP contribution is 2.45. The Hall–Kier alpha value is -0.790. The van der Waals surface area contributed by atoms with Crippen LogP contribution >= 0.6 is 0 Å². The Morgan fingerprint density at radius 1 is 1.11 bits per heavy atom. The molecule has 4 unspecified atom stereocenters. The maximum absolute atomic E-state index is 11.0. The quantitative estimate of drug-likeness (QED) is 0.405. The average Bonchev–Trinajstić information content (AvgIpc) is 3.05. The maximum atomic E-state index is 11.0. The third kappa shape index (κ3) is 2.78. The van der Waals surface area contributed by atoms with Crippen molar-refractivity contribution in [3.63, 3.8) is 0 Å². The first kappa shape index (κ1) is 12.3. The zero-order chi connectivity index (χ0) is 12.4. The van der Waals surface area contributed by atoms with Crippen molar-refractivity contribution in [2.75, 3.05) is 0 Å². The molecule has 0 radical (unpaired) electrons. The molecule has 0 aromatic carbocycles. The molecule has 3 aliphatic rings. The second-order valence-corrected chi connectivity index (χ2v) is 6.33. The number of hydrogen-bond acceptors (Lipinski definition) is 2. The van der Waals surface area contributed by atoms with Gasteiger partial charge in [0.25, 0.3) is 0 Å². The Kier molecular flexibility index (Phi) is 3.72. The van der Waals surface area contributed by atoms with Gasteiger partial charge in [0.1, 0.15) is 6.10 Å². The Labute approximate surface area is 110 Å². The SMILES string of the molecule is O=C1CCC(CCCCCC2CC3C=CC2C3)O1. The molecule has 1 saturated heterocycles. The third-order valence-electron chi connectivity index (χ3n) is 4.99. The minimum absolute atomic E-state index is 0.00812. The highest BCUT2D eigenvalue weighted by molar-refractivity contribution is 5.71. The van der Waals surface area contributed by atoms with E-state index in [1.54, 1.807) is 0 Å². The van der Waals surface area contributed by atoms with E-state index in [0.717, 1.165) is 30.6 Å². The van der Waals surface area contributed by atoms with E-state index in [1.165, 1.54) is 38.5 Å². The van der Waals surface area contributed by atoms with Crippen LogP contribution in [0.3, 0.4) is 0 Å². The molecule has 2 fully saturated rings. The molecule has 0 aromatic rings. The van der Waals surface area contributed by atoms with Crippen LogP contribution in [0.5, 0.6) is 0 Å². The number of allylic oxidation sites excluding steroid dienone is 2. The first-order valence-corrected chi connectivity index (χ1v) is 7.69. The number of carbonyl (C=O) groups is 1. The van der Waals surface area contributed by atoms with Crippen LogP contribution in [0.4, 0.5) is 0 Å². The van der Waals surface area contributed by atoms with Crippen molar-refractivity contribution in [2.45, 2.75) is 63.9 Å². The maximum Gasteiger partial charge on any atom is 0.306 e. The first-order valence-electron chi connectivity index (χ1n) is 7.69. The summed E-state index contributed by atoms with van der Waals surface area (Å²) in [5, 5.41) is 0. The van der Waals surface area contributed by atoms with E-state index in [9.17, 15) is 4.79 Å². The summed E-state index contributed by atoms with van der Waals surface area (Å²) in [6.07, 6.45) is 16.0. The van der Waals surface area contributed by atoms with E-state index in [-0.39, 0.29) is 12.1 Å². The molecule has 2 nitrogen and oxygen atoms in total. The van der Waals surface area contributed by atoms with Crippen LogP contribution in [0, 0.1) is 17.8 Å². The van der Waals surface area contributed by atoms with Gasteiger partial charge in [-0.25, -0.2) is 0 Å². The van der Waals surface area contributed by atoms with Gasteiger partial charge in [0, 0.05) is 6.42 Å². The second kappa shape index (κ2) is 5.46. The highest BCUT2D eigenvalue weighted by atomic mass is 16.5. The van der Waals surface area contributed by atoms with Gasteiger partial charge in [0.2, 0.25) is 0 Å². The summed E-state index contributed by atoms with van der Waals surface area (Å²) in [4.78, 5) is 11.0. The average molecular weight is 248 g/mol. The fourth-order valence-corrected chi connectivity index (χ4v) is 3.97. The number of hydrogen-bond donors (Lipinski definition) is 0. The van der Waals surface area contributed by atoms with Crippen LogP contribution in [0.25, 0.3) is 0 Å². The molecule has 1 saturated carbocycles. The van der Waals surface area contributed by atoms with Gasteiger partial charge in [-0.05, 0) is 56.3 Å². The van der Waals surface area contributed by atoms with Gasteiger partial charge in [-0.2, -0.15) is 0 Å². The van der Waals surface area contributed by atoms with Crippen LogP contribution in [0.2, 0.25) is 0 Å². The Morgan fingerprint density at radius 3 is 2.67 bits per heavy atom. The van der Waals surface area contributed by atoms with Crippen LogP contribution in [-0.2, 0) is 9.53 Å². The molecule has 2 heteroatoms. The van der Waals surface area contributed by atoms with Crippen molar-refractivity contribution >= 4 is 5.97 Å². The summed E-state index contributed by atoms with van der Waals surface area (Å²) >= 11 is 0. The van der Waals surface area contributed by atoms with Crippen molar-refractivity contribution in [3.05, 3.63) is 12.2 Å². The Bertz CT molecular complexity index is 334. The van der Waals surface area contributed by atoms with Crippen LogP contribution in [0.15, 0.2) is 12.2 Å². The lowest BCUT2D eigenvalue weighted by atomic mass is 9.88. The summed E-state index contributed by atoms with van der Waals surface area (Å²) in [6.45, 7) is 0. The number of rotatable bonds is 6. The number of ether oxygens (including phenoxy) is 1. The standard InChI is InChI=1S/C16H24O2/c17-16-9-8-15(18-16)5-3-1-2-4-13-10-12-6-7-14(13)11-12/h6-7,12-15H,1-5,8-11H2. The monoisotopic (exact) mass is 248 g/mol. The van der Waals surface area contributed by atoms with E-state index in [4.69, 9.17) is 4.74 Å². The predicted octanol–water partition coefficient (Wildman–Crippen LogP) is 3.85. The molecule has 2 aliphatic carbocycles. The molecule has 0 N–H and O–H groups in total. The number of carbonyl (C=O) groups excluding carboxylic acids is 1. The van der Waals surface area contributed by atoms with Gasteiger partial charge in [0.15, 0.2) is 0 Å². The fourth-order valence-electron chi connectivity index (χ4n) is 3.97. The van der Waals surface area contributed by atoms with E-state index in [2.05, 4.69) is 12.2 Å². The summed E-state index contributed by atoms with van der Waals surface area (Å²) in [5.74, 6) is 2.81. The number of cyclic esters (lactones) is 1. The minimum Gasteiger partial charge on any atom is -0.462 e. The van der Waals surface area contributed by atoms with E-state index >= 15 is 0 Å². The Balaban J connectivity index is 1.25. The van der Waals surface area contributed by atoms with Crippen molar-refractivity contribution in [1.82, 2.24) is 0 Å². The molecular formula is C16H24O2. The molecule has 18 heavy (non-hydrogen) atoms. The lowest BCUT2D eigenvalue weighted by Crippen LogP contribution is -2.08. The first-order chi connectivity index (χ1) is 8.81. The number of esters is 1. The smallest absolute Gasteiger partial charge is 0.306 e. The molecule has 100 valence electrons. The Morgan fingerprint density at radius 2 is 2.00 bits per heavy atom. The van der Waals surface area contributed by atoms with Crippen LogP contribution < -0.4 is 0 Å². The molecular weight excluding hydrogens is 224 g/mol. The molecule has 1 aliphatic heterocycles. The predicted molar refractivity (Wildman–Crippen MR) is 71.0 cm³/mol. The van der Waals surface area contributed by atoms with Crippen LogP contribution in [0.1, 0.15) is 57.8 Å². The van der Waals surface area contributed by atoms with Crippen LogP contribution in [-0.4, -0.2) is 12.1 Å². The van der Waals surface area contributed by atoms with Crippen molar-refractivity contribution < 1.29 is 9.53 Å². The zero-order valence-corrected chi connectivity index (χ0v) is 11.1. The fraction of sp³-hybridized carbons (Fsp3) is 0.812. The lowest BCUT2D eigenvalue weighted by Gasteiger charge is -2.17. The van der Waals surface area contributed by atoms with E-state index in [0.29, 0.717) is 6.42 Å². The molecule has 0 amide bonds. The minimum atomic E-state index is 0.00812. The largest absolute Gasteiger partial charge is 0.462 e. The summed E-state index contributed by atoms with van der Waals surface area (Å²) < 4.78 is 5.23. The van der Waals surface area contributed by atoms with Gasteiger partial charge in [0.05, 0.1) is 0 Å². The number of unbranched alkanes of at least 4 members (excludes halogenated alkanes) is 2. The normalized spacial score (nSPS) is 37.4. The topological polar surface area (TPSA) is 26.3 Å². The van der Waals surface area contributed by atoms with Gasteiger partial charge in [-0.1, -0.05) is 25.0 Å². The summed E-state index contributed by atoms with van der Waals surface area (Å²) in [6, 6.07) is 0. The number of fused-ring (bicyclic) bond motifs is 2. The molecule has 0 spiro atoms. The highest BCUT2D eigenvalue weighted by Gasteiger charge is 2.34. The summed E-state index contributed by atoms with van der Waals surface area (Å²) in [7, 11) is 0. The van der Waals surface area contributed by atoms with Crippen molar-refractivity contribution in [3.8, 4) is 0 Å². The van der Waals surface area contributed by atoms with Gasteiger partial charge >= 0.3 is 5.97 Å². The van der Waals surface area contributed by atoms with Gasteiger partial charge in [-0.15, -0.1) is 0 Å². The third-order valence-corrected chi connectivity index (χ3v) is 4.99. The zero-order valence-electron chi connectivity index (χ0n) is 11.1. The van der Waals surface area contributed by atoms with Crippen molar-refractivity contribution in [1.29, 1.82) is 0 Å². The molecule has 0 aromatic heterocycles. The van der Waals surface area contributed by atoms with E-state index < -0.39 is 0 Å². The van der Waals surface area contributed by atoms with Gasteiger partial charge < -0.3 is 4.74 Å². The summed E-state index contributed by atoms with van der Waals surface area (Å²) in [5.41, 5.74) is 0. The van der Waals surface area contributed by atoms with Crippen molar-refractivity contribution in [2.24, 2.45) is 17.8 Å². The molecule has 1 heterocycles. The van der Waals surface area contributed by atoms with E-state index in [1.807, 2.05) is 0 Å². The second-order valence-electron chi connectivity index (χ2n) is 6.33. The lowest BCUT2D eigenvalue weighted by molar-refractivity contribution is -0.141. The molecule has 4 atom stereocenters. The molecule has 3 rings (SSSR count).